The number of aliphatic carboxylic acids is 1. The number of benzene rings is 1. The fraction of sp³-hybridized carbons (Fsp3) is 0.417. The smallest absolute Gasteiger partial charge is 0.303 e. The molecule has 0 amide bonds. The fourth-order valence-corrected chi connectivity index (χ4v) is 2.23. The highest BCUT2D eigenvalue weighted by molar-refractivity contribution is 5.70. The van der Waals surface area contributed by atoms with Crippen molar-refractivity contribution in [3.63, 3.8) is 0 Å². The fourth-order valence-electron chi connectivity index (χ4n) is 2.23. The average Bonchev–Trinajstić information content (AvgIpc) is 2.42. The number of rotatable bonds is 2. The van der Waals surface area contributed by atoms with E-state index in [0.29, 0.717) is 5.69 Å². The van der Waals surface area contributed by atoms with Gasteiger partial charge in [-0.2, -0.15) is 0 Å². The molecule has 0 spiro atoms. The van der Waals surface area contributed by atoms with Gasteiger partial charge in [-0.1, -0.05) is 12.1 Å². The molecule has 0 saturated carbocycles. The summed E-state index contributed by atoms with van der Waals surface area (Å²) in [6.07, 6.45) is 1.89. The van der Waals surface area contributed by atoms with Crippen LogP contribution in [0, 0.1) is 0 Å². The first-order valence-electron chi connectivity index (χ1n) is 5.46. The summed E-state index contributed by atoms with van der Waals surface area (Å²) in [5, 5.41) is 21.7. The van der Waals surface area contributed by atoms with Gasteiger partial charge in [-0.05, 0) is 30.4 Å². The lowest BCUT2D eigenvalue weighted by Crippen LogP contribution is -2.06. The summed E-state index contributed by atoms with van der Waals surface area (Å²) in [5.41, 5.74) is 1.62. The molecule has 0 bridgehead atoms. The van der Waals surface area contributed by atoms with E-state index in [2.05, 4.69) is 5.32 Å². The second-order valence-corrected chi connectivity index (χ2v) is 4.11. The summed E-state index contributed by atoms with van der Waals surface area (Å²) in [5.74, 6) is -0.592. The van der Waals surface area contributed by atoms with Crippen molar-refractivity contribution < 1.29 is 15.0 Å². The van der Waals surface area contributed by atoms with Crippen LogP contribution in [0.25, 0.3) is 0 Å². The minimum absolute atomic E-state index is 0.00500. The largest absolute Gasteiger partial charge is 0.506 e. The summed E-state index contributed by atoms with van der Waals surface area (Å²) >= 11 is 0. The lowest BCUT2D eigenvalue weighted by molar-refractivity contribution is -0.137. The van der Waals surface area contributed by atoms with E-state index in [-0.39, 0.29) is 18.1 Å². The van der Waals surface area contributed by atoms with Crippen LogP contribution in [0.5, 0.6) is 5.75 Å². The maximum absolute atomic E-state index is 10.8. The number of carboxylic acids is 1. The first-order valence-corrected chi connectivity index (χ1v) is 5.46. The Balaban J connectivity index is 2.36. The molecule has 1 aliphatic rings. The average molecular weight is 221 g/mol. The van der Waals surface area contributed by atoms with Gasteiger partial charge in [-0.15, -0.1) is 0 Å². The molecular weight excluding hydrogens is 206 g/mol. The van der Waals surface area contributed by atoms with Gasteiger partial charge in [-0.3, -0.25) is 4.79 Å². The highest BCUT2D eigenvalue weighted by Crippen LogP contribution is 2.38. The van der Waals surface area contributed by atoms with Crippen LogP contribution in [0.2, 0.25) is 0 Å². The van der Waals surface area contributed by atoms with E-state index in [4.69, 9.17) is 5.11 Å². The third-order valence-electron chi connectivity index (χ3n) is 2.97. The molecule has 3 N–H and O–H groups in total. The Bertz CT molecular complexity index is 403. The Morgan fingerprint density at radius 1 is 1.50 bits per heavy atom. The van der Waals surface area contributed by atoms with Crippen LogP contribution >= 0.6 is 0 Å². The quantitative estimate of drug-likeness (QED) is 0.669. The number of nitrogens with one attached hydrogen (secondary N) is 1. The Morgan fingerprint density at radius 2 is 2.31 bits per heavy atom. The third-order valence-corrected chi connectivity index (χ3v) is 2.97. The van der Waals surface area contributed by atoms with Crippen molar-refractivity contribution in [2.75, 3.05) is 11.9 Å². The van der Waals surface area contributed by atoms with Crippen LogP contribution in [0.4, 0.5) is 5.69 Å². The molecule has 0 radical (unpaired) electrons. The normalized spacial score (nSPS) is 19.4. The molecule has 1 unspecified atom stereocenters. The van der Waals surface area contributed by atoms with Crippen molar-refractivity contribution in [3.8, 4) is 5.75 Å². The van der Waals surface area contributed by atoms with Crippen molar-refractivity contribution in [1.82, 2.24) is 0 Å². The van der Waals surface area contributed by atoms with Crippen LogP contribution in [0.3, 0.4) is 0 Å². The third kappa shape index (κ3) is 2.10. The summed E-state index contributed by atoms with van der Waals surface area (Å²) in [6.45, 7) is 0.778. The van der Waals surface area contributed by atoms with E-state index in [1.54, 1.807) is 12.1 Å². The van der Waals surface area contributed by atoms with Crippen LogP contribution in [0.15, 0.2) is 18.2 Å². The number of carboxylic acid groups (broad SMARTS) is 1. The summed E-state index contributed by atoms with van der Waals surface area (Å²) in [4.78, 5) is 10.8. The number of para-hydroxylation sites is 1. The number of hydrogen-bond donors (Lipinski definition) is 3. The maximum atomic E-state index is 10.8. The molecule has 0 fully saturated rings. The zero-order chi connectivity index (χ0) is 11.5. The Labute approximate surface area is 93.9 Å². The van der Waals surface area contributed by atoms with Crippen molar-refractivity contribution >= 4 is 11.7 Å². The van der Waals surface area contributed by atoms with E-state index in [1.807, 2.05) is 6.07 Å². The van der Waals surface area contributed by atoms with Crippen LogP contribution < -0.4 is 5.32 Å². The van der Waals surface area contributed by atoms with E-state index < -0.39 is 5.97 Å². The molecule has 1 heterocycles. The predicted molar refractivity (Wildman–Crippen MR) is 60.8 cm³/mol. The topological polar surface area (TPSA) is 69.6 Å². The molecule has 0 saturated heterocycles. The molecule has 1 aromatic carbocycles. The van der Waals surface area contributed by atoms with Gasteiger partial charge >= 0.3 is 5.97 Å². The van der Waals surface area contributed by atoms with E-state index in [1.165, 1.54) is 0 Å². The van der Waals surface area contributed by atoms with Gasteiger partial charge in [0, 0.05) is 6.54 Å². The van der Waals surface area contributed by atoms with E-state index >= 15 is 0 Å². The lowest BCUT2D eigenvalue weighted by Gasteiger charge is -2.15. The van der Waals surface area contributed by atoms with Crippen LogP contribution in [-0.2, 0) is 4.79 Å². The number of aromatic hydroxyl groups is 1. The number of fused-ring (bicyclic) bond motifs is 1. The van der Waals surface area contributed by atoms with Gasteiger partial charge in [0.15, 0.2) is 0 Å². The van der Waals surface area contributed by atoms with Gasteiger partial charge < -0.3 is 15.5 Å². The summed E-state index contributed by atoms with van der Waals surface area (Å²) < 4.78 is 0. The Kier molecular flexibility index (Phi) is 2.99. The lowest BCUT2D eigenvalue weighted by atomic mass is 9.91. The zero-order valence-electron chi connectivity index (χ0n) is 8.94. The first-order chi connectivity index (χ1) is 7.68. The SMILES string of the molecule is O=C(O)CC1CCCNc2c(O)cccc21. The number of phenols is 1. The van der Waals surface area contributed by atoms with Crippen LogP contribution in [0.1, 0.15) is 30.7 Å². The van der Waals surface area contributed by atoms with Crippen molar-refractivity contribution in [2.24, 2.45) is 0 Å². The van der Waals surface area contributed by atoms with Gasteiger partial charge in [0.05, 0.1) is 12.1 Å². The van der Waals surface area contributed by atoms with E-state index in [0.717, 1.165) is 24.9 Å². The molecule has 16 heavy (non-hydrogen) atoms. The predicted octanol–water partition coefficient (Wildman–Crippen LogP) is 2.16. The van der Waals surface area contributed by atoms with Crippen molar-refractivity contribution in [3.05, 3.63) is 23.8 Å². The monoisotopic (exact) mass is 221 g/mol. The Hall–Kier alpha value is -1.71. The van der Waals surface area contributed by atoms with Crippen molar-refractivity contribution in [2.45, 2.75) is 25.2 Å². The molecule has 0 aromatic heterocycles. The van der Waals surface area contributed by atoms with Gasteiger partial charge in [-0.25, -0.2) is 0 Å². The molecule has 1 aliphatic heterocycles. The van der Waals surface area contributed by atoms with Gasteiger partial charge in [0.1, 0.15) is 5.75 Å². The highest BCUT2D eigenvalue weighted by atomic mass is 16.4. The zero-order valence-corrected chi connectivity index (χ0v) is 8.94. The minimum Gasteiger partial charge on any atom is -0.506 e. The van der Waals surface area contributed by atoms with E-state index in [9.17, 15) is 9.90 Å². The Morgan fingerprint density at radius 3 is 3.06 bits per heavy atom. The maximum Gasteiger partial charge on any atom is 0.303 e. The molecule has 0 aliphatic carbocycles. The molecule has 1 aromatic rings. The minimum atomic E-state index is -0.791. The number of phenolic OH excluding ortho intramolecular Hbond substituents is 1. The second kappa shape index (κ2) is 4.43. The molecule has 4 nitrogen and oxygen atoms in total. The molecule has 2 rings (SSSR count). The molecule has 1 atom stereocenters. The van der Waals surface area contributed by atoms with Crippen molar-refractivity contribution in [1.29, 1.82) is 0 Å². The standard InChI is InChI=1S/C12H15NO3/c14-10-5-1-4-9-8(7-11(15)16)3-2-6-13-12(9)10/h1,4-5,8,13-14H,2-3,6-7H2,(H,15,16). The second-order valence-electron chi connectivity index (χ2n) is 4.11. The summed E-state index contributed by atoms with van der Waals surface area (Å²) in [7, 11) is 0. The van der Waals surface area contributed by atoms with Gasteiger partial charge in [0.25, 0.3) is 0 Å². The molecule has 4 heteroatoms. The summed E-state index contributed by atoms with van der Waals surface area (Å²) in [6, 6.07) is 5.27. The number of anilines is 1. The number of hydrogen-bond acceptors (Lipinski definition) is 3. The molecule has 86 valence electrons. The highest BCUT2D eigenvalue weighted by Gasteiger charge is 2.22. The van der Waals surface area contributed by atoms with Gasteiger partial charge in [0.2, 0.25) is 0 Å². The first kappa shape index (κ1) is 10.8. The number of carbonyl (C=O) groups is 1. The van der Waals surface area contributed by atoms with Crippen LogP contribution in [-0.4, -0.2) is 22.7 Å². The molecular formula is C12H15NO3.